The van der Waals surface area contributed by atoms with Crippen LogP contribution in [0, 0.1) is 0 Å². The minimum absolute atomic E-state index is 0.00708. The quantitative estimate of drug-likeness (QED) is 0.811. The molecular formula is C17H27N5O2. The highest BCUT2D eigenvalue weighted by Crippen LogP contribution is 2.22. The van der Waals surface area contributed by atoms with Crippen molar-refractivity contribution < 1.29 is 9.53 Å². The summed E-state index contributed by atoms with van der Waals surface area (Å²) in [6, 6.07) is 1.96. The number of hydrogen-bond acceptors (Lipinski definition) is 6. The molecule has 3 heterocycles. The average molecular weight is 333 g/mol. The van der Waals surface area contributed by atoms with Crippen LogP contribution in [0.15, 0.2) is 12.3 Å². The molecule has 132 valence electrons. The van der Waals surface area contributed by atoms with Crippen molar-refractivity contribution in [2.24, 2.45) is 0 Å². The molecule has 24 heavy (non-hydrogen) atoms. The fourth-order valence-electron chi connectivity index (χ4n) is 3.46. The van der Waals surface area contributed by atoms with Crippen molar-refractivity contribution >= 4 is 11.9 Å². The molecule has 2 aliphatic rings. The molecule has 2 aliphatic heterocycles. The standard InChI is InChI=1S/C17H27N5O2/c1-17(15(23)20(2)3)13-21(10-11-24-17)12-14-6-7-18-16(19-14)22-8-4-5-9-22/h6-7H,4-5,8-13H2,1-3H3. The van der Waals surface area contributed by atoms with Gasteiger partial charge in [0.2, 0.25) is 5.95 Å². The van der Waals surface area contributed by atoms with Gasteiger partial charge in [0.05, 0.1) is 12.3 Å². The topological polar surface area (TPSA) is 61.8 Å². The molecule has 1 amide bonds. The van der Waals surface area contributed by atoms with Crippen molar-refractivity contribution in [3.63, 3.8) is 0 Å². The number of carbonyl (C=O) groups is 1. The number of nitrogens with zero attached hydrogens (tertiary/aromatic N) is 5. The summed E-state index contributed by atoms with van der Waals surface area (Å²) in [6.45, 7) is 6.60. The molecule has 1 aromatic heterocycles. The summed E-state index contributed by atoms with van der Waals surface area (Å²) in [5.74, 6) is 0.832. The molecule has 2 fully saturated rings. The minimum atomic E-state index is -0.785. The Morgan fingerprint density at radius 1 is 1.33 bits per heavy atom. The third kappa shape index (κ3) is 3.67. The molecule has 0 spiro atoms. The second-order valence-corrected chi connectivity index (χ2v) is 7.03. The second-order valence-electron chi connectivity index (χ2n) is 7.03. The molecule has 0 radical (unpaired) electrons. The van der Waals surface area contributed by atoms with Crippen LogP contribution in [0.1, 0.15) is 25.5 Å². The lowest BCUT2D eigenvalue weighted by Crippen LogP contribution is -2.57. The molecule has 2 saturated heterocycles. The van der Waals surface area contributed by atoms with Gasteiger partial charge in [0.15, 0.2) is 5.60 Å². The predicted molar refractivity (Wildman–Crippen MR) is 91.8 cm³/mol. The highest BCUT2D eigenvalue weighted by atomic mass is 16.5. The number of aromatic nitrogens is 2. The van der Waals surface area contributed by atoms with Crippen molar-refractivity contribution in [3.05, 3.63) is 18.0 Å². The van der Waals surface area contributed by atoms with Crippen molar-refractivity contribution in [1.29, 1.82) is 0 Å². The highest BCUT2D eigenvalue weighted by molar-refractivity contribution is 5.84. The summed E-state index contributed by atoms with van der Waals surface area (Å²) in [5, 5.41) is 0. The fourth-order valence-corrected chi connectivity index (χ4v) is 3.46. The van der Waals surface area contributed by atoms with Crippen molar-refractivity contribution in [3.8, 4) is 0 Å². The van der Waals surface area contributed by atoms with E-state index in [1.165, 1.54) is 12.8 Å². The summed E-state index contributed by atoms with van der Waals surface area (Å²) in [4.78, 5) is 27.6. The Kier molecular flexibility index (Phi) is 5.01. The third-order valence-electron chi connectivity index (χ3n) is 4.69. The zero-order chi connectivity index (χ0) is 17.2. The molecule has 7 heteroatoms. The van der Waals surface area contributed by atoms with Crippen LogP contribution in [-0.2, 0) is 16.1 Å². The van der Waals surface area contributed by atoms with Gasteiger partial charge in [0.1, 0.15) is 0 Å². The van der Waals surface area contributed by atoms with Gasteiger partial charge in [-0.1, -0.05) is 0 Å². The highest BCUT2D eigenvalue weighted by Gasteiger charge is 2.40. The fraction of sp³-hybridized carbons (Fsp3) is 0.706. The lowest BCUT2D eigenvalue weighted by molar-refractivity contribution is -0.165. The molecule has 0 N–H and O–H groups in total. The Morgan fingerprint density at radius 2 is 2.08 bits per heavy atom. The van der Waals surface area contributed by atoms with E-state index in [1.807, 2.05) is 19.2 Å². The SMILES string of the molecule is CN(C)C(=O)C1(C)CN(Cc2ccnc(N3CCCC3)n2)CCO1. The maximum atomic E-state index is 12.4. The van der Waals surface area contributed by atoms with Gasteiger partial charge in [-0.3, -0.25) is 9.69 Å². The Labute approximate surface area is 143 Å². The Balaban J connectivity index is 1.67. The first-order valence-electron chi connectivity index (χ1n) is 8.63. The van der Waals surface area contributed by atoms with E-state index in [-0.39, 0.29) is 5.91 Å². The Hall–Kier alpha value is -1.73. The van der Waals surface area contributed by atoms with Gasteiger partial charge < -0.3 is 14.5 Å². The van der Waals surface area contributed by atoms with Crippen LogP contribution in [0.3, 0.4) is 0 Å². The Bertz CT molecular complexity index is 588. The van der Waals surface area contributed by atoms with Gasteiger partial charge in [0, 0.05) is 53.0 Å². The van der Waals surface area contributed by atoms with Gasteiger partial charge in [0.25, 0.3) is 5.91 Å². The predicted octanol–water partition coefficient (Wildman–Crippen LogP) is 0.756. The van der Waals surface area contributed by atoms with Gasteiger partial charge >= 0.3 is 0 Å². The first kappa shape index (κ1) is 17.1. The van der Waals surface area contributed by atoms with Crippen molar-refractivity contribution in [1.82, 2.24) is 19.8 Å². The van der Waals surface area contributed by atoms with Crippen LogP contribution < -0.4 is 4.90 Å². The second kappa shape index (κ2) is 7.03. The summed E-state index contributed by atoms with van der Waals surface area (Å²) in [5.41, 5.74) is 0.209. The number of ether oxygens (including phenoxy) is 1. The van der Waals surface area contributed by atoms with Crippen LogP contribution in [-0.4, -0.2) is 78.2 Å². The summed E-state index contributed by atoms with van der Waals surface area (Å²) in [6.07, 6.45) is 4.25. The average Bonchev–Trinajstić information content (AvgIpc) is 3.09. The van der Waals surface area contributed by atoms with Crippen LogP contribution in [0.5, 0.6) is 0 Å². The maximum Gasteiger partial charge on any atom is 0.255 e. The van der Waals surface area contributed by atoms with Crippen LogP contribution in [0.2, 0.25) is 0 Å². The van der Waals surface area contributed by atoms with E-state index in [1.54, 1.807) is 19.0 Å². The lowest BCUT2D eigenvalue weighted by Gasteiger charge is -2.40. The number of morpholine rings is 1. The zero-order valence-corrected chi connectivity index (χ0v) is 14.9. The zero-order valence-electron chi connectivity index (χ0n) is 14.9. The number of amides is 1. The molecule has 1 atom stereocenters. The number of hydrogen-bond donors (Lipinski definition) is 0. The number of anilines is 1. The van der Waals surface area contributed by atoms with E-state index in [4.69, 9.17) is 9.72 Å². The van der Waals surface area contributed by atoms with Gasteiger partial charge in [-0.25, -0.2) is 9.97 Å². The number of carbonyl (C=O) groups excluding carboxylic acids is 1. The van der Waals surface area contributed by atoms with Crippen LogP contribution in [0.25, 0.3) is 0 Å². The van der Waals surface area contributed by atoms with Gasteiger partial charge in [-0.15, -0.1) is 0 Å². The summed E-state index contributed by atoms with van der Waals surface area (Å²) < 4.78 is 5.79. The van der Waals surface area contributed by atoms with Gasteiger partial charge in [-0.05, 0) is 25.8 Å². The molecule has 0 aliphatic carbocycles. The van der Waals surface area contributed by atoms with E-state index < -0.39 is 5.60 Å². The molecule has 0 aromatic carbocycles. The number of rotatable bonds is 4. The molecule has 0 bridgehead atoms. The van der Waals surface area contributed by atoms with E-state index in [2.05, 4.69) is 14.8 Å². The molecule has 1 aromatic rings. The molecule has 1 unspecified atom stereocenters. The van der Waals surface area contributed by atoms with Crippen molar-refractivity contribution in [2.45, 2.75) is 31.9 Å². The maximum absolute atomic E-state index is 12.4. The van der Waals surface area contributed by atoms with Crippen molar-refractivity contribution in [2.75, 3.05) is 51.8 Å². The minimum Gasteiger partial charge on any atom is -0.363 e. The largest absolute Gasteiger partial charge is 0.363 e. The van der Waals surface area contributed by atoms with E-state index in [0.29, 0.717) is 19.7 Å². The molecule has 3 rings (SSSR count). The first-order chi connectivity index (χ1) is 11.5. The normalized spacial score (nSPS) is 25.0. The third-order valence-corrected chi connectivity index (χ3v) is 4.69. The Morgan fingerprint density at radius 3 is 2.79 bits per heavy atom. The number of likely N-dealkylation sites (N-methyl/N-ethyl adjacent to an activating group) is 1. The monoisotopic (exact) mass is 333 g/mol. The van der Waals surface area contributed by atoms with Gasteiger partial charge in [-0.2, -0.15) is 0 Å². The molecular weight excluding hydrogens is 306 g/mol. The summed E-state index contributed by atoms with van der Waals surface area (Å²) >= 11 is 0. The van der Waals surface area contributed by atoms with Crippen LogP contribution >= 0.6 is 0 Å². The van der Waals surface area contributed by atoms with E-state index in [0.717, 1.165) is 31.3 Å². The summed E-state index contributed by atoms with van der Waals surface area (Å²) in [7, 11) is 3.53. The first-order valence-corrected chi connectivity index (χ1v) is 8.63. The molecule has 0 saturated carbocycles. The van der Waals surface area contributed by atoms with E-state index >= 15 is 0 Å². The van der Waals surface area contributed by atoms with Crippen LogP contribution in [0.4, 0.5) is 5.95 Å². The van der Waals surface area contributed by atoms with E-state index in [9.17, 15) is 4.79 Å². The molecule has 7 nitrogen and oxygen atoms in total. The smallest absolute Gasteiger partial charge is 0.255 e. The lowest BCUT2D eigenvalue weighted by atomic mass is 10.0.